The van der Waals surface area contributed by atoms with Crippen molar-refractivity contribution in [2.45, 2.75) is 44.2 Å². The lowest BCUT2D eigenvalue weighted by atomic mass is 9.89. The Balaban J connectivity index is 1.77. The van der Waals surface area contributed by atoms with Crippen LogP contribution in [0.2, 0.25) is 0 Å². The molecule has 1 aromatic rings. The lowest BCUT2D eigenvalue weighted by molar-refractivity contribution is -0.325. The predicted octanol–water partition coefficient (Wildman–Crippen LogP) is 3.25. The summed E-state index contributed by atoms with van der Waals surface area (Å²) >= 11 is 0. The molecular formula is C15H17NO3. The van der Waals surface area contributed by atoms with E-state index in [4.69, 9.17) is 14.5 Å². The van der Waals surface area contributed by atoms with E-state index in [-0.39, 0.29) is 0 Å². The molecule has 2 aliphatic rings. The molecule has 1 aromatic carbocycles. The molecule has 3 rings (SSSR count). The molecule has 2 unspecified atom stereocenters. The van der Waals surface area contributed by atoms with E-state index in [1.165, 1.54) is 19.3 Å². The van der Waals surface area contributed by atoms with Crippen LogP contribution in [0.15, 0.2) is 30.3 Å². The summed E-state index contributed by atoms with van der Waals surface area (Å²) < 4.78 is 5.82. The lowest BCUT2D eigenvalue weighted by Gasteiger charge is -2.25. The minimum absolute atomic E-state index is 0.327. The van der Waals surface area contributed by atoms with E-state index >= 15 is 0 Å². The molecule has 2 fully saturated rings. The minimum Gasteiger partial charge on any atom is -0.299 e. The Bertz CT molecular complexity index is 464. The van der Waals surface area contributed by atoms with Crippen molar-refractivity contribution in [2.75, 3.05) is 0 Å². The summed E-state index contributed by atoms with van der Waals surface area (Å²) in [5.74, 6) is -1.09. The van der Waals surface area contributed by atoms with E-state index in [0.717, 1.165) is 12.8 Å². The Morgan fingerprint density at radius 3 is 2.53 bits per heavy atom. The molecule has 0 amide bonds. The number of nitrogens with zero attached hydrogens (tertiary/aromatic N) is 1. The summed E-state index contributed by atoms with van der Waals surface area (Å²) in [4.78, 5) is 10.6. The van der Waals surface area contributed by atoms with Gasteiger partial charge in [0.25, 0.3) is 0 Å². The highest BCUT2D eigenvalue weighted by molar-refractivity contribution is 5.26. The zero-order chi connectivity index (χ0) is 13.1. The van der Waals surface area contributed by atoms with Gasteiger partial charge in [0.15, 0.2) is 6.29 Å². The summed E-state index contributed by atoms with van der Waals surface area (Å²) in [5, 5.41) is 9.41. The third-order valence-corrected chi connectivity index (χ3v) is 3.88. The molecule has 4 nitrogen and oxygen atoms in total. The normalized spacial score (nSPS) is 32.1. The van der Waals surface area contributed by atoms with Crippen molar-refractivity contribution < 1.29 is 14.5 Å². The highest BCUT2D eigenvalue weighted by Gasteiger charge is 2.48. The third-order valence-electron chi connectivity index (χ3n) is 3.88. The second-order valence-corrected chi connectivity index (χ2v) is 5.16. The Kier molecular flexibility index (Phi) is 3.52. The first-order chi connectivity index (χ1) is 9.34. The maximum Gasteiger partial charge on any atom is 0.318 e. The van der Waals surface area contributed by atoms with Crippen LogP contribution >= 0.6 is 0 Å². The first-order valence-corrected chi connectivity index (χ1v) is 6.83. The van der Waals surface area contributed by atoms with Gasteiger partial charge in [0, 0.05) is 11.5 Å². The second-order valence-electron chi connectivity index (χ2n) is 5.16. The van der Waals surface area contributed by atoms with Crippen LogP contribution in [0, 0.1) is 17.2 Å². The Hall–Kier alpha value is -1.41. The van der Waals surface area contributed by atoms with E-state index in [2.05, 4.69) is 6.07 Å². The predicted molar refractivity (Wildman–Crippen MR) is 67.4 cm³/mol. The van der Waals surface area contributed by atoms with Gasteiger partial charge >= 0.3 is 5.79 Å². The van der Waals surface area contributed by atoms with Gasteiger partial charge in [-0.3, -0.25) is 4.74 Å². The van der Waals surface area contributed by atoms with E-state index in [9.17, 15) is 5.26 Å². The fourth-order valence-corrected chi connectivity index (χ4v) is 2.78. The molecule has 19 heavy (non-hydrogen) atoms. The SMILES string of the molecule is N#CC1(c2ccccc2)OOC(C2CCCCC2)O1. The molecule has 2 atom stereocenters. The molecule has 4 heteroatoms. The van der Waals surface area contributed by atoms with Crippen LogP contribution in [-0.2, 0) is 20.3 Å². The highest BCUT2D eigenvalue weighted by Crippen LogP contribution is 2.40. The number of ether oxygens (including phenoxy) is 1. The van der Waals surface area contributed by atoms with E-state index in [1.807, 2.05) is 30.3 Å². The smallest absolute Gasteiger partial charge is 0.299 e. The maximum atomic E-state index is 9.41. The number of hydrogen-bond acceptors (Lipinski definition) is 4. The van der Waals surface area contributed by atoms with Gasteiger partial charge in [-0.05, 0) is 12.8 Å². The number of nitriles is 1. The number of hydrogen-bond donors (Lipinski definition) is 0. The lowest BCUT2D eigenvalue weighted by Crippen LogP contribution is -2.29. The van der Waals surface area contributed by atoms with Crippen LogP contribution in [0.5, 0.6) is 0 Å². The van der Waals surface area contributed by atoms with Crippen molar-refractivity contribution in [3.8, 4) is 6.07 Å². The van der Waals surface area contributed by atoms with Crippen LogP contribution in [-0.4, -0.2) is 6.29 Å². The van der Waals surface area contributed by atoms with Gasteiger partial charge in [0.1, 0.15) is 6.07 Å². The minimum atomic E-state index is -1.41. The van der Waals surface area contributed by atoms with Gasteiger partial charge in [-0.2, -0.15) is 15.0 Å². The van der Waals surface area contributed by atoms with Crippen LogP contribution in [0.25, 0.3) is 0 Å². The van der Waals surface area contributed by atoms with Crippen molar-refractivity contribution in [1.29, 1.82) is 5.26 Å². The van der Waals surface area contributed by atoms with Crippen molar-refractivity contribution in [3.05, 3.63) is 35.9 Å². The molecule has 0 bridgehead atoms. The van der Waals surface area contributed by atoms with Gasteiger partial charge < -0.3 is 0 Å². The largest absolute Gasteiger partial charge is 0.318 e. The summed E-state index contributed by atoms with van der Waals surface area (Å²) in [7, 11) is 0. The zero-order valence-electron chi connectivity index (χ0n) is 10.7. The molecule has 1 saturated carbocycles. The van der Waals surface area contributed by atoms with Crippen molar-refractivity contribution in [3.63, 3.8) is 0 Å². The molecule has 1 saturated heterocycles. The highest BCUT2D eigenvalue weighted by atomic mass is 17.3. The Morgan fingerprint density at radius 2 is 1.84 bits per heavy atom. The number of rotatable bonds is 2. The molecular weight excluding hydrogens is 242 g/mol. The second kappa shape index (κ2) is 5.30. The molecule has 1 heterocycles. The molecule has 0 radical (unpaired) electrons. The maximum absolute atomic E-state index is 9.41. The molecule has 1 aliphatic heterocycles. The third kappa shape index (κ3) is 2.37. The van der Waals surface area contributed by atoms with Crippen molar-refractivity contribution in [2.24, 2.45) is 5.92 Å². The van der Waals surface area contributed by atoms with Crippen molar-refractivity contribution >= 4 is 0 Å². The van der Waals surface area contributed by atoms with Crippen LogP contribution in [0.1, 0.15) is 37.7 Å². The quantitative estimate of drug-likeness (QED) is 0.765. The van der Waals surface area contributed by atoms with Gasteiger partial charge in [0.2, 0.25) is 0 Å². The van der Waals surface area contributed by atoms with Crippen LogP contribution in [0.3, 0.4) is 0 Å². The van der Waals surface area contributed by atoms with E-state index < -0.39 is 12.1 Å². The molecule has 1 aliphatic carbocycles. The fraction of sp³-hybridized carbons (Fsp3) is 0.533. The summed E-state index contributed by atoms with van der Waals surface area (Å²) in [6.45, 7) is 0. The van der Waals surface area contributed by atoms with Crippen LogP contribution in [0.4, 0.5) is 0 Å². The van der Waals surface area contributed by atoms with Gasteiger partial charge in [-0.15, -0.1) is 0 Å². The first-order valence-electron chi connectivity index (χ1n) is 6.83. The molecule has 100 valence electrons. The van der Waals surface area contributed by atoms with Gasteiger partial charge in [-0.25, -0.2) is 0 Å². The fourth-order valence-electron chi connectivity index (χ4n) is 2.78. The van der Waals surface area contributed by atoms with Gasteiger partial charge in [0.05, 0.1) is 0 Å². The molecule has 0 N–H and O–H groups in total. The number of benzene rings is 1. The molecule has 0 spiro atoms. The summed E-state index contributed by atoms with van der Waals surface area (Å²) in [6.07, 6.45) is 5.37. The Labute approximate surface area is 112 Å². The zero-order valence-corrected chi connectivity index (χ0v) is 10.7. The Morgan fingerprint density at radius 1 is 1.11 bits per heavy atom. The van der Waals surface area contributed by atoms with Crippen molar-refractivity contribution in [1.82, 2.24) is 0 Å². The van der Waals surface area contributed by atoms with E-state index in [1.54, 1.807) is 0 Å². The first kappa shape index (κ1) is 12.6. The van der Waals surface area contributed by atoms with Gasteiger partial charge in [-0.1, -0.05) is 49.6 Å². The monoisotopic (exact) mass is 259 g/mol. The standard InChI is InChI=1S/C15H17NO3/c16-11-15(13-9-5-2-6-10-13)17-14(18-19-15)12-7-3-1-4-8-12/h2,5-6,9-10,12,14H,1,3-4,7-8H2. The van der Waals surface area contributed by atoms with Crippen LogP contribution < -0.4 is 0 Å². The molecule has 0 aromatic heterocycles. The summed E-state index contributed by atoms with van der Waals surface area (Å²) in [5.41, 5.74) is 0.677. The average Bonchev–Trinajstić information content (AvgIpc) is 2.95. The average molecular weight is 259 g/mol. The van der Waals surface area contributed by atoms with E-state index in [0.29, 0.717) is 11.5 Å². The topological polar surface area (TPSA) is 51.5 Å². The summed E-state index contributed by atoms with van der Waals surface area (Å²) in [6, 6.07) is 11.3.